The molecule has 56 valence electrons. The average molecular weight is 168 g/mol. The molecule has 0 rings (SSSR count). The van der Waals surface area contributed by atoms with Gasteiger partial charge in [-0.05, 0) is 18.2 Å². The van der Waals surface area contributed by atoms with Crippen LogP contribution in [0.4, 0.5) is 0 Å². The lowest BCUT2D eigenvalue weighted by molar-refractivity contribution is 0.337. The van der Waals surface area contributed by atoms with E-state index in [4.69, 9.17) is 20.9 Å². The van der Waals surface area contributed by atoms with E-state index < -0.39 is 6.49 Å². The summed E-state index contributed by atoms with van der Waals surface area (Å²) in [6.45, 7) is 0.221. The van der Waals surface area contributed by atoms with Gasteiger partial charge in [0.1, 0.15) is 0 Å². The topological polar surface area (TPSA) is 18.5 Å². The van der Waals surface area contributed by atoms with E-state index in [0.717, 1.165) is 12.6 Å². The predicted molar refractivity (Wildman–Crippen MR) is 43.5 cm³/mol. The minimum atomic E-state index is -1.85. The van der Waals surface area contributed by atoms with E-state index in [2.05, 4.69) is 6.92 Å². The molecule has 9 heavy (non-hydrogen) atoms. The van der Waals surface area contributed by atoms with E-state index >= 15 is 0 Å². The SMILES string of the molecule is CCCP(=S)(OC)OC. The predicted octanol–water partition coefficient (Wildman–Crippen LogP) is 2.00. The van der Waals surface area contributed by atoms with Gasteiger partial charge in [-0.3, -0.25) is 0 Å². The normalized spacial score (nSPS) is 11.9. The molecule has 0 aliphatic rings. The van der Waals surface area contributed by atoms with Crippen LogP contribution in [0.25, 0.3) is 0 Å². The van der Waals surface area contributed by atoms with Crippen LogP contribution in [0.15, 0.2) is 0 Å². The largest absolute Gasteiger partial charge is 0.333 e. The molecule has 0 aromatic heterocycles. The molecule has 0 N–H and O–H groups in total. The van der Waals surface area contributed by atoms with Crippen LogP contribution in [0, 0.1) is 0 Å². The molecule has 0 aromatic rings. The molecule has 0 fully saturated rings. The Kier molecular flexibility index (Phi) is 4.67. The second-order valence-corrected chi connectivity index (χ2v) is 5.77. The van der Waals surface area contributed by atoms with Gasteiger partial charge in [0.05, 0.1) is 0 Å². The smallest absolute Gasteiger partial charge is 0.188 e. The molecule has 0 saturated heterocycles. The molecule has 0 aliphatic carbocycles. The molecule has 0 aromatic carbocycles. The van der Waals surface area contributed by atoms with Crippen molar-refractivity contribution in [3.8, 4) is 0 Å². The fourth-order valence-electron chi connectivity index (χ4n) is 0.531. The van der Waals surface area contributed by atoms with Crippen molar-refractivity contribution in [2.45, 2.75) is 13.3 Å². The lowest BCUT2D eigenvalue weighted by atomic mass is 10.6. The van der Waals surface area contributed by atoms with Crippen molar-refractivity contribution in [2.75, 3.05) is 20.4 Å². The van der Waals surface area contributed by atoms with E-state index in [1.165, 1.54) is 0 Å². The summed E-state index contributed by atoms with van der Waals surface area (Å²) in [6.07, 6.45) is 1.90. The fourth-order valence-corrected chi connectivity index (χ4v) is 2.14. The molecule has 0 saturated carbocycles. The Morgan fingerprint density at radius 3 is 1.89 bits per heavy atom. The van der Waals surface area contributed by atoms with Crippen LogP contribution in [0.1, 0.15) is 13.3 Å². The molecule has 0 heterocycles. The Morgan fingerprint density at radius 1 is 1.33 bits per heavy atom. The minimum absolute atomic E-state index is 0.870. The quantitative estimate of drug-likeness (QED) is 0.598. The first-order valence-electron chi connectivity index (χ1n) is 2.89. The van der Waals surface area contributed by atoms with Crippen molar-refractivity contribution in [3.63, 3.8) is 0 Å². The van der Waals surface area contributed by atoms with E-state index in [0.29, 0.717) is 0 Å². The standard InChI is InChI=1S/C5H13O2PS/c1-4-5-8(9,6-2)7-3/h4-5H2,1-3H3. The monoisotopic (exact) mass is 168 g/mol. The van der Waals surface area contributed by atoms with Gasteiger partial charge in [0.15, 0.2) is 6.49 Å². The van der Waals surface area contributed by atoms with E-state index in [1.54, 1.807) is 14.2 Å². The van der Waals surface area contributed by atoms with Gasteiger partial charge < -0.3 is 9.05 Å². The second kappa shape index (κ2) is 4.40. The van der Waals surface area contributed by atoms with Crippen LogP contribution >= 0.6 is 6.49 Å². The summed E-state index contributed by atoms with van der Waals surface area (Å²) in [4.78, 5) is 0. The molecule has 4 heteroatoms. The molecule has 2 nitrogen and oxygen atoms in total. The van der Waals surface area contributed by atoms with Gasteiger partial charge in [-0.25, -0.2) is 0 Å². The van der Waals surface area contributed by atoms with Gasteiger partial charge >= 0.3 is 0 Å². The average Bonchev–Trinajstić information content (AvgIpc) is 1.89. The fraction of sp³-hybridized carbons (Fsp3) is 1.00. The van der Waals surface area contributed by atoms with Crippen molar-refractivity contribution in [3.05, 3.63) is 0 Å². The van der Waals surface area contributed by atoms with Crippen LogP contribution in [0.5, 0.6) is 0 Å². The van der Waals surface area contributed by atoms with Crippen LogP contribution in [-0.4, -0.2) is 20.4 Å². The van der Waals surface area contributed by atoms with Crippen molar-refractivity contribution in [2.24, 2.45) is 0 Å². The lowest BCUT2D eigenvalue weighted by Crippen LogP contribution is -1.91. The highest BCUT2D eigenvalue weighted by molar-refractivity contribution is 8.09. The minimum Gasteiger partial charge on any atom is -0.333 e. The maximum Gasteiger partial charge on any atom is 0.188 e. The maximum atomic E-state index is 5.07. The summed E-state index contributed by atoms with van der Waals surface area (Å²) in [5.41, 5.74) is 0. The Labute approximate surface area is 61.7 Å². The molecular weight excluding hydrogens is 155 g/mol. The third-order valence-corrected chi connectivity index (χ3v) is 4.60. The third-order valence-electron chi connectivity index (χ3n) is 1.05. The summed E-state index contributed by atoms with van der Waals surface area (Å²) in [6, 6.07) is 0. The zero-order valence-corrected chi connectivity index (χ0v) is 7.80. The van der Waals surface area contributed by atoms with Gasteiger partial charge in [0, 0.05) is 20.4 Å². The molecule has 0 radical (unpaired) electrons. The Balaban J connectivity index is 3.78. The van der Waals surface area contributed by atoms with E-state index in [-0.39, 0.29) is 0 Å². The van der Waals surface area contributed by atoms with Crippen LogP contribution in [0.3, 0.4) is 0 Å². The Morgan fingerprint density at radius 2 is 1.78 bits per heavy atom. The molecule has 0 bridgehead atoms. The molecule has 0 amide bonds. The molecular formula is C5H13O2PS. The highest BCUT2D eigenvalue weighted by Crippen LogP contribution is 2.46. The Hall–Kier alpha value is 0.570. The van der Waals surface area contributed by atoms with Crippen LogP contribution < -0.4 is 0 Å². The summed E-state index contributed by atoms with van der Waals surface area (Å²) in [5.74, 6) is 0. The zero-order valence-electron chi connectivity index (χ0n) is 6.09. The summed E-state index contributed by atoms with van der Waals surface area (Å²) in [7, 11) is 3.22. The first kappa shape index (κ1) is 9.57. The second-order valence-electron chi connectivity index (χ2n) is 1.70. The highest BCUT2D eigenvalue weighted by Gasteiger charge is 2.11. The zero-order chi connectivity index (χ0) is 7.33. The van der Waals surface area contributed by atoms with Gasteiger partial charge in [0.2, 0.25) is 0 Å². The number of hydrogen-bond acceptors (Lipinski definition) is 3. The van der Waals surface area contributed by atoms with E-state index in [9.17, 15) is 0 Å². The maximum absolute atomic E-state index is 5.07. The van der Waals surface area contributed by atoms with E-state index in [1.807, 2.05) is 0 Å². The third kappa shape index (κ3) is 3.31. The van der Waals surface area contributed by atoms with Crippen molar-refractivity contribution in [1.82, 2.24) is 0 Å². The van der Waals surface area contributed by atoms with Crippen molar-refractivity contribution in [1.29, 1.82) is 0 Å². The van der Waals surface area contributed by atoms with Gasteiger partial charge in [-0.1, -0.05) is 6.92 Å². The first-order chi connectivity index (χ1) is 4.18. The van der Waals surface area contributed by atoms with Gasteiger partial charge in [-0.15, -0.1) is 0 Å². The van der Waals surface area contributed by atoms with Crippen molar-refractivity contribution < 1.29 is 9.05 Å². The molecule has 0 atom stereocenters. The van der Waals surface area contributed by atoms with Crippen LogP contribution in [-0.2, 0) is 20.9 Å². The van der Waals surface area contributed by atoms with Gasteiger partial charge in [0.25, 0.3) is 0 Å². The Bertz CT molecular complexity index is 108. The summed E-state index contributed by atoms with van der Waals surface area (Å²) < 4.78 is 10.1. The first-order valence-corrected chi connectivity index (χ1v) is 5.71. The summed E-state index contributed by atoms with van der Waals surface area (Å²) in [5, 5.41) is 0. The van der Waals surface area contributed by atoms with Crippen molar-refractivity contribution >= 4 is 18.3 Å². The number of rotatable bonds is 4. The van der Waals surface area contributed by atoms with Gasteiger partial charge in [-0.2, -0.15) is 0 Å². The summed E-state index contributed by atoms with van der Waals surface area (Å²) >= 11 is 5.07. The molecule has 0 aliphatic heterocycles. The molecule has 0 spiro atoms. The molecule has 0 unspecified atom stereocenters. The number of hydrogen-bond donors (Lipinski definition) is 0. The van der Waals surface area contributed by atoms with Crippen LogP contribution in [0.2, 0.25) is 0 Å². The highest BCUT2D eigenvalue weighted by atomic mass is 32.5. The lowest BCUT2D eigenvalue weighted by Gasteiger charge is -2.15.